The standard InChI is InChI=1S/C10H16N2O2.C2H6/c1-4-5-6-9(2)7-8-12(11)10(13)14-3;1-2/h4-6H,1-2,7-8,11H2,3H3;1-2H3/b6-5-;. The summed E-state index contributed by atoms with van der Waals surface area (Å²) >= 11 is 0. The Morgan fingerprint density at radius 3 is 2.50 bits per heavy atom. The Hall–Kier alpha value is -1.55. The van der Waals surface area contributed by atoms with E-state index >= 15 is 0 Å². The number of hydrazine groups is 1. The number of hydrogen-bond acceptors (Lipinski definition) is 3. The van der Waals surface area contributed by atoms with Gasteiger partial charge in [0.15, 0.2) is 0 Å². The second kappa shape index (κ2) is 11.5. The number of hydrogen-bond donors (Lipinski definition) is 1. The highest BCUT2D eigenvalue weighted by atomic mass is 16.5. The summed E-state index contributed by atoms with van der Waals surface area (Å²) in [4.78, 5) is 10.9. The van der Waals surface area contributed by atoms with Gasteiger partial charge < -0.3 is 4.74 Å². The summed E-state index contributed by atoms with van der Waals surface area (Å²) in [6.45, 7) is 11.7. The van der Waals surface area contributed by atoms with Crippen molar-refractivity contribution in [1.82, 2.24) is 5.01 Å². The summed E-state index contributed by atoms with van der Waals surface area (Å²) in [7, 11) is 1.29. The summed E-state index contributed by atoms with van der Waals surface area (Å²) in [5.74, 6) is 5.38. The van der Waals surface area contributed by atoms with Gasteiger partial charge in [-0.2, -0.15) is 0 Å². The molecule has 0 atom stereocenters. The third kappa shape index (κ3) is 9.02. The Morgan fingerprint density at radius 2 is 2.06 bits per heavy atom. The van der Waals surface area contributed by atoms with Crippen LogP contribution in [0.5, 0.6) is 0 Å². The number of carbonyl (C=O) groups is 1. The Balaban J connectivity index is 0. The molecule has 16 heavy (non-hydrogen) atoms. The van der Waals surface area contributed by atoms with Gasteiger partial charge in [0.1, 0.15) is 0 Å². The molecule has 0 aromatic carbocycles. The van der Waals surface area contributed by atoms with Crippen LogP contribution in [0, 0.1) is 0 Å². The summed E-state index contributed by atoms with van der Waals surface area (Å²) in [5.41, 5.74) is 0.879. The van der Waals surface area contributed by atoms with E-state index in [9.17, 15) is 4.79 Å². The minimum Gasteiger partial charge on any atom is -0.452 e. The third-order valence-corrected chi connectivity index (χ3v) is 1.55. The van der Waals surface area contributed by atoms with E-state index in [1.165, 1.54) is 7.11 Å². The van der Waals surface area contributed by atoms with Crippen LogP contribution in [0.2, 0.25) is 0 Å². The van der Waals surface area contributed by atoms with Gasteiger partial charge in [0.05, 0.1) is 7.11 Å². The molecule has 92 valence electrons. The van der Waals surface area contributed by atoms with Gasteiger partial charge in [0.2, 0.25) is 0 Å². The van der Waals surface area contributed by atoms with E-state index < -0.39 is 6.09 Å². The maximum absolute atomic E-state index is 10.9. The highest BCUT2D eigenvalue weighted by Crippen LogP contribution is 2.01. The molecule has 2 N–H and O–H groups in total. The van der Waals surface area contributed by atoms with Crippen LogP contribution >= 0.6 is 0 Å². The van der Waals surface area contributed by atoms with Gasteiger partial charge in [-0.15, -0.1) is 0 Å². The summed E-state index contributed by atoms with van der Waals surface area (Å²) in [5, 5.41) is 1.01. The minimum absolute atomic E-state index is 0.382. The molecule has 0 unspecified atom stereocenters. The average Bonchev–Trinajstić information content (AvgIpc) is 2.34. The third-order valence-electron chi connectivity index (χ3n) is 1.55. The van der Waals surface area contributed by atoms with Crippen molar-refractivity contribution in [1.29, 1.82) is 0 Å². The predicted molar refractivity (Wildman–Crippen MR) is 67.7 cm³/mol. The number of nitrogens with two attached hydrogens (primary N) is 1. The lowest BCUT2D eigenvalue weighted by Gasteiger charge is -2.14. The maximum atomic E-state index is 10.9. The van der Waals surface area contributed by atoms with Crippen molar-refractivity contribution in [3.05, 3.63) is 37.0 Å². The van der Waals surface area contributed by atoms with Crippen LogP contribution in [0.1, 0.15) is 20.3 Å². The average molecular weight is 226 g/mol. The SMILES string of the molecule is C=C/C=C\C(=C)CCN(N)C(=O)OC.CC. The van der Waals surface area contributed by atoms with Crippen molar-refractivity contribution in [3.8, 4) is 0 Å². The molecule has 0 rings (SSSR count). The maximum Gasteiger partial charge on any atom is 0.423 e. The molecule has 0 fully saturated rings. The Labute approximate surface area is 98.0 Å². The molecular weight excluding hydrogens is 204 g/mol. The van der Waals surface area contributed by atoms with Crippen LogP contribution in [-0.2, 0) is 4.74 Å². The first-order chi connectivity index (χ1) is 7.61. The molecule has 0 aromatic rings. The van der Waals surface area contributed by atoms with Gasteiger partial charge in [-0.3, -0.25) is 0 Å². The molecule has 0 radical (unpaired) electrons. The predicted octanol–water partition coefficient (Wildman–Crippen LogP) is 2.64. The largest absolute Gasteiger partial charge is 0.452 e. The highest BCUT2D eigenvalue weighted by molar-refractivity contribution is 5.66. The second-order valence-electron chi connectivity index (χ2n) is 2.67. The Bertz CT molecular complexity index is 247. The number of carbonyl (C=O) groups excluding carboxylic acids is 1. The molecule has 0 heterocycles. The topological polar surface area (TPSA) is 55.6 Å². The Kier molecular flexibility index (Phi) is 12.1. The van der Waals surface area contributed by atoms with Gasteiger partial charge in [-0.05, 0) is 6.42 Å². The summed E-state index contributed by atoms with van der Waals surface area (Å²) in [6, 6.07) is 0. The molecule has 4 nitrogen and oxygen atoms in total. The molecule has 0 aliphatic carbocycles. The van der Waals surface area contributed by atoms with Crippen LogP contribution in [0.25, 0.3) is 0 Å². The quantitative estimate of drug-likeness (QED) is 0.339. The molecule has 0 aliphatic heterocycles. The molecule has 0 spiro atoms. The van der Waals surface area contributed by atoms with E-state index in [1.807, 2.05) is 19.9 Å². The number of rotatable bonds is 5. The van der Waals surface area contributed by atoms with E-state index in [0.29, 0.717) is 13.0 Å². The normalized spacial score (nSPS) is 9.00. The lowest BCUT2D eigenvalue weighted by Crippen LogP contribution is -2.38. The Morgan fingerprint density at radius 1 is 1.50 bits per heavy atom. The van der Waals surface area contributed by atoms with Crippen LogP contribution < -0.4 is 5.84 Å². The fourth-order valence-corrected chi connectivity index (χ4v) is 0.760. The lowest BCUT2D eigenvalue weighted by atomic mass is 10.2. The number of methoxy groups -OCH3 is 1. The molecule has 0 saturated heterocycles. The van der Waals surface area contributed by atoms with Crippen LogP contribution in [0.3, 0.4) is 0 Å². The van der Waals surface area contributed by atoms with E-state index in [-0.39, 0.29) is 0 Å². The first-order valence-corrected chi connectivity index (χ1v) is 5.19. The second-order valence-corrected chi connectivity index (χ2v) is 2.67. The van der Waals surface area contributed by atoms with Crippen molar-refractivity contribution >= 4 is 6.09 Å². The monoisotopic (exact) mass is 226 g/mol. The first-order valence-electron chi connectivity index (χ1n) is 5.19. The zero-order valence-corrected chi connectivity index (χ0v) is 10.4. The molecule has 0 saturated carbocycles. The fourth-order valence-electron chi connectivity index (χ4n) is 0.760. The van der Waals surface area contributed by atoms with Crippen molar-refractivity contribution < 1.29 is 9.53 Å². The number of amides is 1. The van der Waals surface area contributed by atoms with Gasteiger partial charge in [-0.25, -0.2) is 15.6 Å². The molecule has 0 aromatic heterocycles. The zero-order chi connectivity index (χ0) is 13.0. The zero-order valence-electron chi connectivity index (χ0n) is 10.4. The van der Waals surface area contributed by atoms with Crippen LogP contribution in [-0.4, -0.2) is 24.8 Å². The molecule has 4 heteroatoms. The first kappa shape index (κ1) is 16.9. The molecule has 0 aliphatic rings. The number of allylic oxidation sites excluding steroid dienone is 3. The number of nitrogens with zero attached hydrogens (tertiary/aromatic N) is 1. The van der Waals surface area contributed by atoms with E-state index in [2.05, 4.69) is 17.9 Å². The summed E-state index contributed by atoms with van der Waals surface area (Å²) < 4.78 is 4.42. The van der Waals surface area contributed by atoms with Crippen LogP contribution in [0.4, 0.5) is 4.79 Å². The smallest absolute Gasteiger partial charge is 0.423 e. The minimum atomic E-state index is -0.550. The molecular formula is C12H22N2O2. The molecule has 0 bridgehead atoms. The number of ether oxygens (including phenoxy) is 1. The summed E-state index contributed by atoms with van der Waals surface area (Å²) in [6.07, 6.45) is 5.31. The lowest BCUT2D eigenvalue weighted by molar-refractivity contribution is 0.124. The van der Waals surface area contributed by atoms with E-state index in [0.717, 1.165) is 10.6 Å². The van der Waals surface area contributed by atoms with E-state index in [4.69, 9.17) is 5.84 Å². The van der Waals surface area contributed by atoms with Gasteiger partial charge in [0, 0.05) is 6.54 Å². The molecule has 1 amide bonds. The van der Waals surface area contributed by atoms with Crippen LogP contribution in [0.15, 0.2) is 37.0 Å². The van der Waals surface area contributed by atoms with Gasteiger partial charge in [0.25, 0.3) is 0 Å². The van der Waals surface area contributed by atoms with Gasteiger partial charge in [-0.1, -0.05) is 50.8 Å². The van der Waals surface area contributed by atoms with E-state index in [1.54, 1.807) is 12.2 Å². The highest BCUT2D eigenvalue weighted by Gasteiger charge is 2.07. The fraction of sp³-hybridized carbons (Fsp3) is 0.417. The van der Waals surface area contributed by atoms with Crippen molar-refractivity contribution in [2.24, 2.45) is 5.84 Å². The van der Waals surface area contributed by atoms with Crippen molar-refractivity contribution in [3.63, 3.8) is 0 Å². The van der Waals surface area contributed by atoms with Crippen molar-refractivity contribution in [2.75, 3.05) is 13.7 Å². The van der Waals surface area contributed by atoms with Crippen molar-refractivity contribution in [2.45, 2.75) is 20.3 Å². The van der Waals surface area contributed by atoms with Gasteiger partial charge >= 0.3 is 6.09 Å².